The van der Waals surface area contributed by atoms with E-state index in [1.54, 1.807) is 24.1 Å². The van der Waals surface area contributed by atoms with Crippen LogP contribution in [0.1, 0.15) is 17.3 Å². The van der Waals surface area contributed by atoms with E-state index < -0.39 is 0 Å². The summed E-state index contributed by atoms with van der Waals surface area (Å²) >= 11 is 0. The van der Waals surface area contributed by atoms with Crippen LogP contribution in [0.15, 0.2) is 48.8 Å². The van der Waals surface area contributed by atoms with Crippen LogP contribution < -0.4 is 0 Å². The number of amides is 1. The number of aromatic nitrogens is 1. The second kappa shape index (κ2) is 5.71. The summed E-state index contributed by atoms with van der Waals surface area (Å²) in [4.78, 5) is 13.7. The fourth-order valence-corrected chi connectivity index (χ4v) is 1.81. The summed E-state index contributed by atoms with van der Waals surface area (Å²) in [6.45, 7) is 1.77. The first-order valence-electron chi connectivity index (χ1n) is 6.25. The second-order valence-corrected chi connectivity index (χ2v) is 4.58. The Morgan fingerprint density at radius 1 is 1.26 bits per heavy atom. The van der Waals surface area contributed by atoms with Crippen molar-refractivity contribution in [2.24, 2.45) is 0 Å². The highest BCUT2D eigenvalue weighted by Gasteiger charge is 2.16. The average molecular weight is 258 g/mol. The number of carbonyl (C=O) groups is 1. The highest BCUT2D eigenvalue weighted by molar-refractivity contribution is 5.94. The van der Waals surface area contributed by atoms with Gasteiger partial charge in [0.25, 0.3) is 5.91 Å². The minimum atomic E-state index is -0.184. The molecule has 1 unspecified atom stereocenters. The molecular weight excluding hydrogens is 240 g/mol. The van der Waals surface area contributed by atoms with Crippen molar-refractivity contribution in [3.8, 4) is 5.69 Å². The zero-order valence-corrected chi connectivity index (χ0v) is 11.2. The zero-order chi connectivity index (χ0) is 13.8. The Labute approximate surface area is 112 Å². The summed E-state index contributed by atoms with van der Waals surface area (Å²) < 4.78 is 1.98. The monoisotopic (exact) mass is 258 g/mol. The zero-order valence-electron chi connectivity index (χ0n) is 11.2. The van der Waals surface area contributed by atoms with Crippen LogP contribution in [-0.4, -0.2) is 40.2 Å². The van der Waals surface area contributed by atoms with Crippen molar-refractivity contribution in [1.29, 1.82) is 0 Å². The van der Waals surface area contributed by atoms with E-state index >= 15 is 0 Å². The van der Waals surface area contributed by atoms with E-state index in [9.17, 15) is 4.79 Å². The lowest BCUT2D eigenvalue weighted by Crippen LogP contribution is -2.37. The number of nitrogens with zero attached hydrogens (tertiary/aromatic N) is 2. The van der Waals surface area contributed by atoms with Crippen LogP contribution in [0.5, 0.6) is 0 Å². The van der Waals surface area contributed by atoms with Gasteiger partial charge in [0, 0.05) is 30.7 Å². The molecule has 1 heterocycles. The molecule has 1 aromatic carbocycles. The van der Waals surface area contributed by atoms with Crippen LogP contribution in [0.2, 0.25) is 0 Å². The summed E-state index contributed by atoms with van der Waals surface area (Å²) in [7, 11) is 1.70. The summed E-state index contributed by atoms with van der Waals surface area (Å²) in [5.41, 5.74) is 1.64. The third-order valence-electron chi connectivity index (χ3n) is 3.26. The quantitative estimate of drug-likeness (QED) is 0.910. The van der Waals surface area contributed by atoms with Gasteiger partial charge in [-0.1, -0.05) is 0 Å². The maximum atomic E-state index is 12.2. The van der Waals surface area contributed by atoms with Gasteiger partial charge in [0.1, 0.15) is 0 Å². The van der Waals surface area contributed by atoms with E-state index in [2.05, 4.69) is 0 Å². The van der Waals surface area contributed by atoms with Crippen molar-refractivity contribution >= 4 is 5.91 Å². The Bertz CT molecular complexity index is 532. The van der Waals surface area contributed by atoms with Crippen molar-refractivity contribution in [1.82, 2.24) is 9.47 Å². The maximum absolute atomic E-state index is 12.2. The van der Waals surface area contributed by atoms with Gasteiger partial charge in [-0.3, -0.25) is 4.79 Å². The van der Waals surface area contributed by atoms with E-state index in [1.807, 2.05) is 48.1 Å². The molecule has 0 bridgehead atoms. The third kappa shape index (κ3) is 2.85. The molecule has 0 fully saturated rings. The van der Waals surface area contributed by atoms with E-state index in [0.717, 1.165) is 5.69 Å². The normalized spacial score (nSPS) is 12.2. The van der Waals surface area contributed by atoms with Crippen molar-refractivity contribution in [3.63, 3.8) is 0 Å². The molecule has 0 saturated carbocycles. The van der Waals surface area contributed by atoms with Gasteiger partial charge < -0.3 is 14.6 Å². The molecule has 0 spiro atoms. The van der Waals surface area contributed by atoms with Crippen molar-refractivity contribution in [3.05, 3.63) is 54.4 Å². The number of carbonyl (C=O) groups excluding carboxylic acids is 1. The third-order valence-corrected chi connectivity index (χ3v) is 3.26. The van der Waals surface area contributed by atoms with Crippen molar-refractivity contribution in [2.75, 3.05) is 13.7 Å². The number of likely N-dealkylation sites (N-methyl/N-ethyl adjacent to an activating group) is 1. The molecule has 2 aromatic rings. The second-order valence-electron chi connectivity index (χ2n) is 4.58. The van der Waals surface area contributed by atoms with Crippen molar-refractivity contribution < 1.29 is 9.90 Å². The Balaban J connectivity index is 2.17. The topological polar surface area (TPSA) is 45.5 Å². The number of aliphatic hydroxyl groups excluding tert-OH is 1. The molecule has 0 saturated heterocycles. The first-order valence-corrected chi connectivity index (χ1v) is 6.25. The van der Waals surface area contributed by atoms with Gasteiger partial charge >= 0.3 is 0 Å². The minimum absolute atomic E-state index is 0.0380. The Kier molecular flexibility index (Phi) is 4.02. The molecule has 1 N–H and O–H groups in total. The highest BCUT2D eigenvalue weighted by atomic mass is 16.3. The Morgan fingerprint density at radius 3 is 2.37 bits per heavy atom. The molecule has 100 valence electrons. The first-order chi connectivity index (χ1) is 9.13. The summed E-state index contributed by atoms with van der Waals surface area (Å²) in [6.07, 6.45) is 3.91. The van der Waals surface area contributed by atoms with E-state index in [0.29, 0.717) is 5.56 Å². The molecule has 1 amide bonds. The SMILES string of the molecule is CC(CO)N(C)C(=O)c1ccc(-n2cccc2)cc1. The predicted molar refractivity (Wildman–Crippen MR) is 74.4 cm³/mol. The predicted octanol–water partition coefficient (Wildman–Crippen LogP) is 1.93. The lowest BCUT2D eigenvalue weighted by molar-refractivity contribution is 0.0682. The molecule has 0 aliphatic heterocycles. The number of benzene rings is 1. The molecular formula is C15H18N2O2. The smallest absolute Gasteiger partial charge is 0.253 e. The van der Waals surface area contributed by atoms with Gasteiger partial charge in [0.15, 0.2) is 0 Å². The van der Waals surface area contributed by atoms with Crippen LogP contribution in [0.3, 0.4) is 0 Å². The molecule has 0 aliphatic rings. The molecule has 1 aromatic heterocycles. The molecule has 2 rings (SSSR count). The maximum Gasteiger partial charge on any atom is 0.253 e. The number of hydrogen-bond acceptors (Lipinski definition) is 2. The highest BCUT2D eigenvalue weighted by Crippen LogP contribution is 2.12. The van der Waals surface area contributed by atoms with Gasteiger partial charge in [0.05, 0.1) is 12.6 Å². The number of aliphatic hydroxyl groups is 1. The van der Waals surface area contributed by atoms with Crippen molar-refractivity contribution in [2.45, 2.75) is 13.0 Å². The van der Waals surface area contributed by atoms with Crippen LogP contribution in [-0.2, 0) is 0 Å². The Morgan fingerprint density at radius 2 is 1.84 bits per heavy atom. The Hall–Kier alpha value is -2.07. The van der Waals surface area contributed by atoms with Gasteiger partial charge in [-0.2, -0.15) is 0 Å². The van der Waals surface area contributed by atoms with E-state index in [1.165, 1.54) is 0 Å². The van der Waals surface area contributed by atoms with Gasteiger partial charge in [0.2, 0.25) is 0 Å². The molecule has 1 atom stereocenters. The first kappa shape index (κ1) is 13.4. The summed E-state index contributed by atoms with van der Waals surface area (Å²) in [6, 6.07) is 11.1. The molecule has 0 aliphatic carbocycles. The molecule has 0 radical (unpaired) electrons. The van der Waals surface area contributed by atoms with Gasteiger partial charge in [-0.15, -0.1) is 0 Å². The molecule has 19 heavy (non-hydrogen) atoms. The fraction of sp³-hybridized carbons (Fsp3) is 0.267. The lowest BCUT2D eigenvalue weighted by atomic mass is 10.1. The van der Waals surface area contributed by atoms with E-state index in [4.69, 9.17) is 5.11 Å². The summed E-state index contributed by atoms with van der Waals surface area (Å²) in [5, 5.41) is 9.07. The summed E-state index contributed by atoms with van der Waals surface area (Å²) in [5.74, 6) is -0.0828. The van der Waals surface area contributed by atoms with Gasteiger partial charge in [-0.05, 0) is 43.3 Å². The number of hydrogen-bond donors (Lipinski definition) is 1. The fourth-order valence-electron chi connectivity index (χ4n) is 1.81. The van der Waals surface area contributed by atoms with Crippen LogP contribution >= 0.6 is 0 Å². The van der Waals surface area contributed by atoms with E-state index in [-0.39, 0.29) is 18.6 Å². The molecule has 4 nitrogen and oxygen atoms in total. The minimum Gasteiger partial charge on any atom is -0.394 e. The number of rotatable bonds is 4. The van der Waals surface area contributed by atoms with Crippen LogP contribution in [0, 0.1) is 0 Å². The van der Waals surface area contributed by atoms with Crippen LogP contribution in [0.25, 0.3) is 5.69 Å². The standard InChI is InChI=1S/C15H18N2O2/c1-12(11-18)16(2)15(19)13-5-7-14(8-6-13)17-9-3-4-10-17/h3-10,12,18H,11H2,1-2H3. The van der Waals surface area contributed by atoms with Crippen LogP contribution in [0.4, 0.5) is 0 Å². The largest absolute Gasteiger partial charge is 0.394 e. The lowest BCUT2D eigenvalue weighted by Gasteiger charge is -2.23. The molecule has 4 heteroatoms. The van der Waals surface area contributed by atoms with Gasteiger partial charge in [-0.25, -0.2) is 0 Å². The average Bonchev–Trinajstić information content (AvgIpc) is 2.99.